The summed E-state index contributed by atoms with van der Waals surface area (Å²) in [6, 6.07) is 0. The predicted molar refractivity (Wildman–Crippen MR) is 70.7 cm³/mol. The van der Waals surface area contributed by atoms with Crippen LogP contribution in [0.1, 0.15) is 13.3 Å². The molecule has 0 fully saturated rings. The van der Waals surface area contributed by atoms with Gasteiger partial charge in [-0.2, -0.15) is 5.10 Å². The largest absolute Gasteiger partial charge is 0.369 e. The number of aromatic nitrogens is 4. The van der Waals surface area contributed by atoms with E-state index in [0.717, 1.165) is 28.8 Å². The first-order chi connectivity index (χ1) is 8.20. The van der Waals surface area contributed by atoms with Gasteiger partial charge in [0.05, 0.1) is 16.2 Å². The van der Waals surface area contributed by atoms with Crippen LogP contribution in [-0.4, -0.2) is 26.3 Å². The maximum Gasteiger partial charge on any atom is 0.164 e. The summed E-state index contributed by atoms with van der Waals surface area (Å²) in [4.78, 5) is 8.75. The Labute approximate surface area is 108 Å². The molecule has 6 heteroatoms. The lowest BCUT2D eigenvalue weighted by Crippen LogP contribution is -2.04. The van der Waals surface area contributed by atoms with Gasteiger partial charge in [0.25, 0.3) is 0 Å². The Bertz CT molecular complexity index is 508. The van der Waals surface area contributed by atoms with Gasteiger partial charge in [-0.15, -0.1) is 0 Å². The van der Waals surface area contributed by atoms with E-state index in [1.165, 1.54) is 0 Å². The Kier molecular flexibility index (Phi) is 3.73. The third-order valence-electron chi connectivity index (χ3n) is 2.25. The van der Waals surface area contributed by atoms with E-state index < -0.39 is 0 Å². The van der Waals surface area contributed by atoms with Crippen molar-refractivity contribution in [2.24, 2.45) is 7.05 Å². The number of anilines is 1. The molecule has 0 saturated heterocycles. The van der Waals surface area contributed by atoms with Crippen LogP contribution >= 0.6 is 15.9 Å². The quantitative estimate of drug-likeness (QED) is 0.941. The summed E-state index contributed by atoms with van der Waals surface area (Å²) in [6.45, 7) is 3.01. The Morgan fingerprint density at radius 3 is 2.88 bits per heavy atom. The average molecular weight is 296 g/mol. The van der Waals surface area contributed by atoms with Crippen molar-refractivity contribution in [1.82, 2.24) is 19.7 Å². The maximum absolute atomic E-state index is 4.47. The first-order valence-corrected chi connectivity index (χ1v) is 6.25. The molecule has 90 valence electrons. The molecule has 0 saturated carbocycles. The van der Waals surface area contributed by atoms with Gasteiger partial charge in [-0.1, -0.05) is 6.92 Å². The molecule has 0 aromatic carbocycles. The molecular formula is C11H14BrN5. The highest BCUT2D eigenvalue weighted by atomic mass is 79.9. The number of rotatable bonds is 4. The SMILES string of the molecule is CCCNc1nc(-c2cnn(C)c2)ncc1Br. The average Bonchev–Trinajstić information content (AvgIpc) is 2.75. The fourth-order valence-corrected chi connectivity index (χ4v) is 1.74. The molecule has 2 aromatic heterocycles. The number of aryl methyl sites for hydroxylation is 1. The van der Waals surface area contributed by atoms with Crippen LogP contribution in [-0.2, 0) is 7.05 Å². The van der Waals surface area contributed by atoms with Crippen molar-refractivity contribution in [1.29, 1.82) is 0 Å². The van der Waals surface area contributed by atoms with E-state index in [-0.39, 0.29) is 0 Å². The van der Waals surface area contributed by atoms with Crippen LogP contribution in [0.3, 0.4) is 0 Å². The molecule has 0 aliphatic heterocycles. The molecule has 1 N–H and O–H groups in total. The zero-order valence-corrected chi connectivity index (χ0v) is 11.4. The standard InChI is InChI=1S/C11H14BrN5/c1-3-4-13-11-9(12)6-14-10(16-11)8-5-15-17(2)7-8/h5-7H,3-4H2,1-2H3,(H,13,14,16). The molecule has 0 radical (unpaired) electrons. The van der Waals surface area contributed by atoms with E-state index in [9.17, 15) is 0 Å². The zero-order valence-electron chi connectivity index (χ0n) is 9.81. The lowest BCUT2D eigenvalue weighted by atomic mass is 10.3. The number of nitrogens with one attached hydrogen (secondary N) is 1. The minimum Gasteiger partial charge on any atom is -0.369 e. The number of hydrogen-bond donors (Lipinski definition) is 1. The molecule has 5 nitrogen and oxygen atoms in total. The van der Waals surface area contributed by atoms with Crippen molar-refractivity contribution >= 4 is 21.7 Å². The normalized spacial score (nSPS) is 10.5. The molecule has 17 heavy (non-hydrogen) atoms. The second kappa shape index (κ2) is 5.27. The first kappa shape index (κ1) is 12.0. The molecule has 0 amide bonds. The van der Waals surface area contributed by atoms with Gasteiger partial charge in [0, 0.05) is 26.0 Å². The lowest BCUT2D eigenvalue weighted by molar-refractivity contribution is 0.768. The van der Waals surface area contributed by atoms with E-state index in [2.05, 4.69) is 43.2 Å². The molecule has 0 spiro atoms. The summed E-state index contributed by atoms with van der Waals surface area (Å²) in [5.41, 5.74) is 0.916. The highest BCUT2D eigenvalue weighted by Crippen LogP contribution is 2.22. The highest BCUT2D eigenvalue weighted by Gasteiger charge is 2.07. The molecule has 2 rings (SSSR count). The molecular weight excluding hydrogens is 282 g/mol. The molecule has 0 aliphatic rings. The van der Waals surface area contributed by atoms with Crippen molar-refractivity contribution in [3.63, 3.8) is 0 Å². The van der Waals surface area contributed by atoms with Crippen LogP contribution < -0.4 is 5.32 Å². The molecule has 2 heterocycles. The summed E-state index contributed by atoms with van der Waals surface area (Å²) >= 11 is 3.43. The van der Waals surface area contributed by atoms with Crippen LogP contribution in [0.25, 0.3) is 11.4 Å². The van der Waals surface area contributed by atoms with Gasteiger partial charge in [-0.25, -0.2) is 9.97 Å². The monoisotopic (exact) mass is 295 g/mol. The topological polar surface area (TPSA) is 55.6 Å². The van der Waals surface area contributed by atoms with Gasteiger partial charge in [0.2, 0.25) is 0 Å². The molecule has 2 aromatic rings. The Hall–Kier alpha value is -1.43. The van der Waals surface area contributed by atoms with Crippen LogP contribution in [0, 0.1) is 0 Å². The first-order valence-electron chi connectivity index (χ1n) is 5.46. The predicted octanol–water partition coefficient (Wildman–Crippen LogP) is 2.46. The second-order valence-corrected chi connectivity index (χ2v) is 4.57. The zero-order chi connectivity index (χ0) is 12.3. The second-order valence-electron chi connectivity index (χ2n) is 3.72. The van der Waals surface area contributed by atoms with Crippen molar-refractivity contribution in [3.8, 4) is 11.4 Å². The summed E-state index contributed by atoms with van der Waals surface area (Å²) in [5, 5.41) is 7.37. The lowest BCUT2D eigenvalue weighted by Gasteiger charge is -2.06. The maximum atomic E-state index is 4.47. The Balaban J connectivity index is 2.30. The molecule has 0 atom stereocenters. The molecule has 0 aliphatic carbocycles. The number of nitrogens with zero attached hydrogens (tertiary/aromatic N) is 4. The fraction of sp³-hybridized carbons (Fsp3) is 0.364. The van der Waals surface area contributed by atoms with E-state index in [0.29, 0.717) is 5.82 Å². The van der Waals surface area contributed by atoms with E-state index >= 15 is 0 Å². The smallest absolute Gasteiger partial charge is 0.164 e. The van der Waals surface area contributed by atoms with Crippen LogP contribution in [0.15, 0.2) is 23.1 Å². The van der Waals surface area contributed by atoms with Gasteiger partial charge in [0.1, 0.15) is 5.82 Å². The summed E-state index contributed by atoms with van der Waals surface area (Å²) in [5.74, 6) is 1.50. The number of hydrogen-bond acceptors (Lipinski definition) is 4. The van der Waals surface area contributed by atoms with Gasteiger partial charge in [0.15, 0.2) is 5.82 Å². The number of halogens is 1. The van der Waals surface area contributed by atoms with E-state index in [1.807, 2.05) is 13.2 Å². The third kappa shape index (κ3) is 2.82. The summed E-state index contributed by atoms with van der Waals surface area (Å²) in [6.07, 6.45) is 6.46. The molecule has 0 bridgehead atoms. The van der Waals surface area contributed by atoms with Crippen LogP contribution in [0.5, 0.6) is 0 Å². The highest BCUT2D eigenvalue weighted by molar-refractivity contribution is 9.10. The Morgan fingerprint density at radius 1 is 1.41 bits per heavy atom. The van der Waals surface area contributed by atoms with Crippen molar-refractivity contribution < 1.29 is 0 Å². The van der Waals surface area contributed by atoms with Gasteiger partial charge in [-0.05, 0) is 22.4 Å². The van der Waals surface area contributed by atoms with Gasteiger partial charge >= 0.3 is 0 Å². The minimum absolute atomic E-state index is 0.680. The van der Waals surface area contributed by atoms with Crippen LogP contribution in [0.2, 0.25) is 0 Å². The van der Waals surface area contributed by atoms with E-state index in [4.69, 9.17) is 0 Å². The van der Waals surface area contributed by atoms with Crippen molar-refractivity contribution in [2.45, 2.75) is 13.3 Å². The third-order valence-corrected chi connectivity index (χ3v) is 2.83. The van der Waals surface area contributed by atoms with Crippen molar-refractivity contribution in [2.75, 3.05) is 11.9 Å². The Morgan fingerprint density at radius 2 is 2.24 bits per heavy atom. The van der Waals surface area contributed by atoms with Crippen LogP contribution in [0.4, 0.5) is 5.82 Å². The fourth-order valence-electron chi connectivity index (χ4n) is 1.41. The van der Waals surface area contributed by atoms with E-state index in [1.54, 1.807) is 17.1 Å². The van der Waals surface area contributed by atoms with Gasteiger partial charge < -0.3 is 5.32 Å². The van der Waals surface area contributed by atoms with Crippen molar-refractivity contribution in [3.05, 3.63) is 23.1 Å². The minimum atomic E-state index is 0.680. The molecule has 0 unspecified atom stereocenters. The van der Waals surface area contributed by atoms with Gasteiger partial charge in [-0.3, -0.25) is 4.68 Å². The summed E-state index contributed by atoms with van der Waals surface area (Å²) in [7, 11) is 1.87. The summed E-state index contributed by atoms with van der Waals surface area (Å²) < 4.78 is 2.61.